The van der Waals surface area contributed by atoms with Crippen molar-refractivity contribution in [1.29, 1.82) is 0 Å². The number of ether oxygens (including phenoxy) is 3. The van der Waals surface area contributed by atoms with Gasteiger partial charge in [-0.1, -0.05) is 6.07 Å². The van der Waals surface area contributed by atoms with Crippen molar-refractivity contribution >= 4 is 17.2 Å². The van der Waals surface area contributed by atoms with E-state index in [0.29, 0.717) is 22.9 Å². The second-order valence-corrected chi connectivity index (χ2v) is 6.06. The summed E-state index contributed by atoms with van der Waals surface area (Å²) in [6, 6.07) is 9.02. The number of nitrogens with two attached hydrogens (primary N) is 1. The number of benzene rings is 2. The molecule has 0 saturated carbocycles. The Morgan fingerprint density at radius 3 is 2.36 bits per heavy atom. The standard InChI is InChI=1S/C18H18N2O4S/c1-22-15-5-4-10(6-13(15)19)12-9-20-25-18(12)11-7-14(21)17(24-3)16(8-11)23-2/h4-9,21H,19H2,1-3H3. The third-order valence-corrected chi connectivity index (χ3v) is 4.68. The summed E-state index contributed by atoms with van der Waals surface area (Å²) < 4.78 is 20.0. The van der Waals surface area contributed by atoms with Gasteiger partial charge in [0.15, 0.2) is 11.5 Å². The molecule has 0 aliphatic rings. The molecule has 0 aliphatic carbocycles. The van der Waals surface area contributed by atoms with Crippen LogP contribution in [0, 0.1) is 0 Å². The van der Waals surface area contributed by atoms with E-state index < -0.39 is 0 Å². The van der Waals surface area contributed by atoms with E-state index in [1.165, 1.54) is 25.8 Å². The van der Waals surface area contributed by atoms with Crippen LogP contribution in [0.4, 0.5) is 5.69 Å². The minimum Gasteiger partial charge on any atom is -0.504 e. The summed E-state index contributed by atoms with van der Waals surface area (Å²) in [5.41, 5.74) is 9.17. The monoisotopic (exact) mass is 358 g/mol. The van der Waals surface area contributed by atoms with Gasteiger partial charge in [-0.15, -0.1) is 0 Å². The van der Waals surface area contributed by atoms with Gasteiger partial charge in [0.25, 0.3) is 0 Å². The van der Waals surface area contributed by atoms with E-state index >= 15 is 0 Å². The molecule has 0 bridgehead atoms. The third-order valence-electron chi connectivity index (χ3n) is 3.83. The smallest absolute Gasteiger partial charge is 0.203 e. The molecule has 2 aromatic carbocycles. The molecule has 1 heterocycles. The van der Waals surface area contributed by atoms with Gasteiger partial charge in [-0.25, -0.2) is 0 Å². The second kappa shape index (κ2) is 6.90. The number of aromatic hydroxyl groups is 1. The summed E-state index contributed by atoms with van der Waals surface area (Å²) >= 11 is 1.33. The molecule has 0 spiro atoms. The van der Waals surface area contributed by atoms with Crippen molar-refractivity contribution < 1.29 is 19.3 Å². The number of hydrogen-bond acceptors (Lipinski definition) is 7. The summed E-state index contributed by atoms with van der Waals surface area (Å²) in [5.74, 6) is 1.37. The van der Waals surface area contributed by atoms with Crippen LogP contribution in [0.15, 0.2) is 36.5 Å². The average molecular weight is 358 g/mol. The average Bonchev–Trinajstić information content (AvgIpc) is 3.10. The fourth-order valence-electron chi connectivity index (χ4n) is 2.63. The van der Waals surface area contributed by atoms with Crippen molar-refractivity contribution in [3.8, 4) is 44.6 Å². The minimum atomic E-state index is 0.00504. The van der Waals surface area contributed by atoms with Crippen molar-refractivity contribution in [2.24, 2.45) is 0 Å². The number of phenolic OH excluding ortho intramolecular Hbond substituents is 1. The number of anilines is 1. The molecule has 0 fully saturated rings. The van der Waals surface area contributed by atoms with E-state index in [1.54, 1.807) is 19.4 Å². The Balaban J connectivity index is 2.11. The van der Waals surface area contributed by atoms with Gasteiger partial charge in [-0.2, -0.15) is 4.37 Å². The first-order chi connectivity index (χ1) is 12.1. The minimum absolute atomic E-state index is 0.00504. The van der Waals surface area contributed by atoms with Crippen molar-refractivity contribution in [3.05, 3.63) is 36.5 Å². The number of rotatable bonds is 5. The maximum absolute atomic E-state index is 10.2. The SMILES string of the molecule is COc1ccc(-c2cnsc2-c2cc(O)c(OC)c(OC)c2)cc1N. The Labute approximate surface area is 149 Å². The van der Waals surface area contributed by atoms with Crippen LogP contribution in [0.25, 0.3) is 21.6 Å². The van der Waals surface area contributed by atoms with E-state index in [1.807, 2.05) is 24.3 Å². The van der Waals surface area contributed by atoms with Gasteiger partial charge < -0.3 is 25.1 Å². The Morgan fingerprint density at radius 2 is 1.72 bits per heavy atom. The van der Waals surface area contributed by atoms with Crippen molar-refractivity contribution in [2.45, 2.75) is 0 Å². The normalized spacial score (nSPS) is 10.5. The molecule has 1 aromatic heterocycles. The summed E-state index contributed by atoms with van der Waals surface area (Å²) in [6.45, 7) is 0. The summed E-state index contributed by atoms with van der Waals surface area (Å²) in [4.78, 5) is 0.890. The lowest BCUT2D eigenvalue weighted by Gasteiger charge is -2.12. The lowest BCUT2D eigenvalue weighted by atomic mass is 10.0. The first-order valence-electron chi connectivity index (χ1n) is 7.43. The van der Waals surface area contributed by atoms with E-state index in [2.05, 4.69) is 4.37 Å². The summed E-state index contributed by atoms with van der Waals surface area (Å²) in [7, 11) is 4.59. The van der Waals surface area contributed by atoms with Gasteiger partial charge in [0.2, 0.25) is 5.75 Å². The zero-order valence-corrected chi connectivity index (χ0v) is 14.9. The van der Waals surface area contributed by atoms with E-state index in [0.717, 1.165) is 21.6 Å². The Kier molecular flexibility index (Phi) is 4.67. The van der Waals surface area contributed by atoms with Gasteiger partial charge in [-0.05, 0) is 41.4 Å². The number of nitrogens with zero attached hydrogens (tertiary/aromatic N) is 1. The number of phenols is 1. The van der Waals surface area contributed by atoms with Gasteiger partial charge in [0.05, 0.1) is 31.9 Å². The van der Waals surface area contributed by atoms with Crippen molar-refractivity contribution in [3.63, 3.8) is 0 Å². The van der Waals surface area contributed by atoms with E-state index in [-0.39, 0.29) is 5.75 Å². The fourth-order valence-corrected chi connectivity index (χ4v) is 3.39. The highest BCUT2D eigenvalue weighted by atomic mass is 32.1. The molecule has 25 heavy (non-hydrogen) atoms. The highest BCUT2D eigenvalue weighted by Gasteiger charge is 2.17. The number of aromatic nitrogens is 1. The third kappa shape index (κ3) is 3.06. The van der Waals surface area contributed by atoms with Crippen molar-refractivity contribution in [1.82, 2.24) is 4.37 Å². The van der Waals surface area contributed by atoms with E-state index in [9.17, 15) is 5.11 Å². The maximum atomic E-state index is 10.2. The largest absolute Gasteiger partial charge is 0.504 e. The number of methoxy groups -OCH3 is 3. The maximum Gasteiger partial charge on any atom is 0.203 e. The van der Waals surface area contributed by atoms with Gasteiger partial charge in [-0.3, -0.25) is 0 Å². The number of hydrogen-bond donors (Lipinski definition) is 2. The van der Waals surface area contributed by atoms with Crippen LogP contribution in [0.1, 0.15) is 0 Å². The Hall–Kier alpha value is -2.93. The van der Waals surface area contributed by atoms with Crippen LogP contribution >= 0.6 is 11.5 Å². The Bertz CT molecular complexity index is 908. The molecule has 0 unspecified atom stereocenters. The van der Waals surface area contributed by atoms with E-state index in [4.69, 9.17) is 19.9 Å². The molecule has 3 aromatic rings. The summed E-state index contributed by atoms with van der Waals surface area (Å²) in [5, 5.41) is 10.2. The topological polar surface area (TPSA) is 86.8 Å². The van der Waals surface area contributed by atoms with Gasteiger partial charge in [0, 0.05) is 17.3 Å². The first-order valence-corrected chi connectivity index (χ1v) is 8.20. The number of nitrogen functional groups attached to an aromatic ring is 1. The highest BCUT2D eigenvalue weighted by molar-refractivity contribution is 7.10. The molecule has 130 valence electrons. The molecular formula is C18H18N2O4S. The molecule has 0 saturated heterocycles. The first kappa shape index (κ1) is 16.9. The molecule has 3 rings (SSSR count). The van der Waals surface area contributed by atoms with Crippen molar-refractivity contribution in [2.75, 3.05) is 27.1 Å². The van der Waals surface area contributed by atoms with Crippen LogP contribution in [-0.2, 0) is 0 Å². The lowest BCUT2D eigenvalue weighted by Crippen LogP contribution is -1.93. The van der Waals surface area contributed by atoms with Gasteiger partial charge >= 0.3 is 0 Å². The highest BCUT2D eigenvalue weighted by Crippen LogP contribution is 2.44. The molecule has 0 atom stereocenters. The predicted octanol–water partition coefficient (Wildman–Crippen LogP) is 3.79. The second-order valence-electron chi connectivity index (χ2n) is 5.26. The molecule has 6 nitrogen and oxygen atoms in total. The molecule has 0 radical (unpaired) electrons. The van der Waals surface area contributed by atoms with Crippen LogP contribution in [0.2, 0.25) is 0 Å². The van der Waals surface area contributed by atoms with Crippen LogP contribution in [0.3, 0.4) is 0 Å². The lowest BCUT2D eigenvalue weighted by molar-refractivity contribution is 0.333. The molecule has 0 aliphatic heterocycles. The Morgan fingerprint density at radius 1 is 0.960 bits per heavy atom. The van der Waals surface area contributed by atoms with Crippen LogP contribution < -0.4 is 19.9 Å². The molecule has 3 N–H and O–H groups in total. The fraction of sp³-hybridized carbons (Fsp3) is 0.167. The van der Waals surface area contributed by atoms with Crippen LogP contribution in [0.5, 0.6) is 23.0 Å². The van der Waals surface area contributed by atoms with Gasteiger partial charge in [0.1, 0.15) is 5.75 Å². The molecular weight excluding hydrogens is 340 g/mol. The summed E-state index contributed by atoms with van der Waals surface area (Å²) in [6.07, 6.45) is 1.77. The quantitative estimate of drug-likeness (QED) is 0.675. The molecule has 7 heteroatoms. The zero-order valence-electron chi connectivity index (χ0n) is 14.1. The van der Waals surface area contributed by atoms with Crippen LogP contribution in [-0.4, -0.2) is 30.8 Å². The zero-order chi connectivity index (χ0) is 18.0. The predicted molar refractivity (Wildman–Crippen MR) is 98.7 cm³/mol. The molecule has 0 amide bonds.